The molecule has 134 valence electrons. The van der Waals surface area contributed by atoms with Gasteiger partial charge < -0.3 is 19.9 Å². The smallest absolute Gasteiger partial charge is 0.134 e. The Bertz CT molecular complexity index is 686. The van der Waals surface area contributed by atoms with Gasteiger partial charge in [-0.3, -0.25) is 0 Å². The normalized spacial score (nSPS) is 14.7. The fraction of sp³-hybridized carbons (Fsp3) is 0.444. The van der Waals surface area contributed by atoms with Crippen LogP contribution in [0.1, 0.15) is 5.82 Å². The maximum Gasteiger partial charge on any atom is 0.134 e. The lowest BCUT2D eigenvalue weighted by molar-refractivity contribution is 0.210. The minimum Gasteiger partial charge on any atom is -0.383 e. The number of halogens is 1. The highest BCUT2D eigenvalue weighted by Gasteiger charge is 2.19. The van der Waals surface area contributed by atoms with Gasteiger partial charge in [0.25, 0.3) is 0 Å². The molecule has 1 aliphatic heterocycles. The van der Waals surface area contributed by atoms with Crippen molar-refractivity contribution in [2.75, 3.05) is 61.6 Å². The molecule has 1 N–H and O–H groups in total. The zero-order chi connectivity index (χ0) is 17.6. The highest BCUT2D eigenvalue weighted by atomic mass is 19.1. The van der Waals surface area contributed by atoms with Crippen LogP contribution in [0.15, 0.2) is 30.3 Å². The molecule has 25 heavy (non-hydrogen) atoms. The van der Waals surface area contributed by atoms with E-state index in [0.29, 0.717) is 13.2 Å². The number of rotatable bonds is 6. The van der Waals surface area contributed by atoms with Crippen LogP contribution in [0.3, 0.4) is 0 Å². The minimum atomic E-state index is -0.202. The van der Waals surface area contributed by atoms with Crippen LogP contribution < -0.4 is 15.1 Å². The van der Waals surface area contributed by atoms with Gasteiger partial charge in [0.05, 0.1) is 6.61 Å². The van der Waals surface area contributed by atoms with Crippen molar-refractivity contribution in [1.82, 2.24) is 9.97 Å². The van der Waals surface area contributed by atoms with E-state index in [-0.39, 0.29) is 5.82 Å². The SMILES string of the molecule is COCCNc1cc(N2CCN(c3ccc(F)cc3)CC2)nc(C)n1. The average molecular weight is 345 g/mol. The first-order valence-corrected chi connectivity index (χ1v) is 8.49. The molecule has 7 heteroatoms. The summed E-state index contributed by atoms with van der Waals surface area (Å²) in [6.45, 7) is 6.73. The summed E-state index contributed by atoms with van der Waals surface area (Å²) in [4.78, 5) is 13.5. The first kappa shape index (κ1) is 17.4. The van der Waals surface area contributed by atoms with Crippen molar-refractivity contribution >= 4 is 17.3 Å². The van der Waals surface area contributed by atoms with Gasteiger partial charge in [-0.15, -0.1) is 0 Å². The van der Waals surface area contributed by atoms with Gasteiger partial charge in [0.1, 0.15) is 23.3 Å². The van der Waals surface area contributed by atoms with Crippen LogP contribution in [-0.2, 0) is 4.74 Å². The number of anilines is 3. The molecule has 0 spiro atoms. The molecular formula is C18H24FN5O. The Morgan fingerprint density at radius 2 is 1.76 bits per heavy atom. The zero-order valence-electron chi connectivity index (χ0n) is 14.7. The lowest BCUT2D eigenvalue weighted by atomic mass is 10.2. The van der Waals surface area contributed by atoms with E-state index < -0.39 is 0 Å². The average Bonchev–Trinajstić information content (AvgIpc) is 2.62. The van der Waals surface area contributed by atoms with Gasteiger partial charge in [0.15, 0.2) is 0 Å². The molecule has 1 aromatic heterocycles. The Labute approximate surface area is 147 Å². The van der Waals surface area contributed by atoms with E-state index in [4.69, 9.17) is 4.74 Å². The van der Waals surface area contributed by atoms with Gasteiger partial charge in [-0.25, -0.2) is 14.4 Å². The number of nitrogens with zero attached hydrogens (tertiary/aromatic N) is 4. The monoisotopic (exact) mass is 345 g/mol. The molecule has 2 heterocycles. The Morgan fingerprint density at radius 3 is 2.44 bits per heavy atom. The van der Waals surface area contributed by atoms with E-state index in [0.717, 1.165) is 49.3 Å². The predicted molar refractivity (Wildman–Crippen MR) is 98.0 cm³/mol. The molecule has 0 aliphatic carbocycles. The molecule has 1 aromatic carbocycles. The van der Waals surface area contributed by atoms with Crippen LogP contribution >= 0.6 is 0 Å². The van der Waals surface area contributed by atoms with Gasteiger partial charge >= 0.3 is 0 Å². The maximum atomic E-state index is 13.1. The number of piperazine rings is 1. The number of ether oxygens (including phenoxy) is 1. The fourth-order valence-corrected chi connectivity index (χ4v) is 2.93. The fourth-order valence-electron chi connectivity index (χ4n) is 2.93. The standard InChI is InChI=1S/C18H24FN5O/c1-14-21-17(20-7-12-25-2)13-18(22-14)24-10-8-23(9-11-24)16-5-3-15(19)4-6-16/h3-6,13H,7-12H2,1-2H3,(H,20,21,22). The molecule has 1 aliphatic rings. The topological polar surface area (TPSA) is 53.5 Å². The van der Waals surface area contributed by atoms with Gasteiger partial charge in [0.2, 0.25) is 0 Å². The first-order chi connectivity index (χ1) is 12.2. The maximum absolute atomic E-state index is 13.1. The van der Waals surface area contributed by atoms with Crippen LogP contribution in [0.4, 0.5) is 21.7 Å². The molecule has 2 aromatic rings. The summed E-state index contributed by atoms with van der Waals surface area (Å²) in [5.74, 6) is 2.30. The van der Waals surface area contributed by atoms with Gasteiger partial charge in [-0.2, -0.15) is 0 Å². The second-order valence-electron chi connectivity index (χ2n) is 6.03. The van der Waals surface area contributed by atoms with E-state index in [1.807, 2.05) is 25.1 Å². The molecule has 0 saturated carbocycles. The van der Waals surface area contributed by atoms with Crippen LogP contribution in [0, 0.1) is 12.7 Å². The van der Waals surface area contributed by atoms with Gasteiger partial charge in [-0.05, 0) is 31.2 Å². The molecule has 0 radical (unpaired) electrons. The van der Waals surface area contributed by atoms with Crippen molar-refractivity contribution < 1.29 is 9.13 Å². The van der Waals surface area contributed by atoms with E-state index in [9.17, 15) is 4.39 Å². The number of hydrogen-bond donors (Lipinski definition) is 1. The van der Waals surface area contributed by atoms with Crippen LogP contribution in [0.2, 0.25) is 0 Å². The summed E-state index contributed by atoms with van der Waals surface area (Å²) in [6, 6.07) is 8.66. The van der Waals surface area contributed by atoms with Crippen molar-refractivity contribution in [3.63, 3.8) is 0 Å². The number of aromatic nitrogens is 2. The highest BCUT2D eigenvalue weighted by Crippen LogP contribution is 2.21. The Morgan fingerprint density at radius 1 is 1.08 bits per heavy atom. The summed E-state index contributed by atoms with van der Waals surface area (Å²) in [5, 5.41) is 3.26. The van der Waals surface area contributed by atoms with E-state index in [1.54, 1.807) is 7.11 Å². The van der Waals surface area contributed by atoms with Crippen LogP contribution in [0.25, 0.3) is 0 Å². The summed E-state index contributed by atoms with van der Waals surface area (Å²) in [5.41, 5.74) is 1.06. The number of hydrogen-bond acceptors (Lipinski definition) is 6. The predicted octanol–water partition coefficient (Wildman–Crippen LogP) is 2.31. The van der Waals surface area contributed by atoms with Crippen LogP contribution in [0.5, 0.6) is 0 Å². The summed E-state index contributed by atoms with van der Waals surface area (Å²) in [6.07, 6.45) is 0. The van der Waals surface area contributed by atoms with Crippen molar-refractivity contribution in [1.29, 1.82) is 0 Å². The summed E-state index contributed by atoms with van der Waals surface area (Å²) in [7, 11) is 1.68. The number of benzene rings is 1. The molecule has 0 bridgehead atoms. The summed E-state index contributed by atoms with van der Waals surface area (Å²) < 4.78 is 18.1. The van der Waals surface area contributed by atoms with Crippen molar-refractivity contribution in [3.8, 4) is 0 Å². The number of aryl methyl sites for hydroxylation is 1. The summed E-state index contributed by atoms with van der Waals surface area (Å²) >= 11 is 0. The van der Waals surface area contributed by atoms with Gasteiger partial charge in [0, 0.05) is 51.6 Å². The van der Waals surface area contributed by atoms with Crippen molar-refractivity contribution in [2.24, 2.45) is 0 Å². The van der Waals surface area contributed by atoms with Crippen molar-refractivity contribution in [2.45, 2.75) is 6.92 Å². The van der Waals surface area contributed by atoms with Crippen LogP contribution in [-0.4, -0.2) is 56.4 Å². The number of methoxy groups -OCH3 is 1. The lowest BCUT2D eigenvalue weighted by Crippen LogP contribution is -2.46. The number of nitrogens with one attached hydrogen (secondary N) is 1. The first-order valence-electron chi connectivity index (χ1n) is 8.49. The second-order valence-corrected chi connectivity index (χ2v) is 6.03. The third kappa shape index (κ3) is 4.57. The van der Waals surface area contributed by atoms with Crippen molar-refractivity contribution in [3.05, 3.63) is 42.0 Å². The Kier molecular flexibility index (Phi) is 5.65. The third-order valence-electron chi connectivity index (χ3n) is 4.23. The van der Waals surface area contributed by atoms with E-state index >= 15 is 0 Å². The highest BCUT2D eigenvalue weighted by molar-refractivity contribution is 5.52. The third-order valence-corrected chi connectivity index (χ3v) is 4.23. The molecule has 0 amide bonds. The molecule has 3 rings (SSSR count). The zero-order valence-corrected chi connectivity index (χ0v) is 14.7. The largest absolute Gasteiger partial charge is 0.383 e. The van der Waals surface area contributed by atoms with E-state index in [1.165, 1.54) is 12.1 Å². The lowest BCUT2D eigenvalue weighted by Gasteiger charge is -2.36. The van der Waals surface area contributed by atoms with E-state index in [2.05, 4.69) is 25.1 Å². The van der Waals surface area contributed by atoms with Gasteiger partial charge in [-0.1, -0.05) is 0 Å². The molecule has 1 saturated heterocycles. The Hall–Kier alpha value is -2.41. The Balaban J connectivity index is 1.63. The molecule has 0 unspecified atom stereocenters. The molecule has 0 atom stereocenters. The minimum absolute atomic E-state index is 0.202. The molecule has 1 fully saturated rings. The second kappa shape index (κ2) is 8.11. The molecule has 6 nitrogen and oxygen atoms in total. The quantitative estimate of drug-likeness (QED) is 0.811. The molecular weight excluding hydrogens is 321 g/mol.